The quantitative estimate of drug-likeness (QED) is 0.755. The third kappa shape index (κ3) is 6.23. The highest BCUT2D eigenvalue weighted by atomic mass is 35.5. The van der Waals surface area contributed by atoms with Crippen molar-refractivity contribution in [2.45, 2.75) is 19.4 Å². The van der Waals surface area contributed by atoms with Crippen LogP contribution in [0.2, 0.25) is 0 Å². The average molecular weight is 303 g/mol. The number of hydrogen-bond acceptors (Lipinski definition) is 4. The molecule has 1 amide bonds. The Balaban J connectivity index is 0.00000361. The molecule has 0 aliphatic heterocycles. The van der Waals surface area contributed by atoms with E-state index in [1.807, 2.05) is 31.2 Å². The fourth-order valence-corrected chi connectivity index (χ4v) is 1.71. The van der Waals surface area contributed by atoms with Gasteiger partial charge in [0.1, 0.15) is 11.8 Å². The van der Waals surface area contributed by atoms with Crippen LogP contribution in [0.25, 0.3) is 0 Å². The van der Waals surface area contributed by atoms with Crippen LogP contribution in [0.3, 0.4) is 0 Å². The first-order valence-electron chi connectivity index (χ1n) is 6.42. The van der Waals surface area contributed by atoms with Crippen LogP contribution in [-0.2, 0) is 16.0 Å². The van der Waals surface area contributed by atoms with Gasteiger partial charge in [-0.3, -0.25) is 4.79 Å². The number of para-hydroxylation sites is 1. The first kappa shape index (κ1) is 18.7. The van der Waals surface area contributed by atoms with E-state index in [9.17, 15) is 4.79 Å². The summed E-state index contributed by atoms with van der Waals surface area (Å²) in [5.74, 6) is 0.663. The van der Waals surface area contributed by atoms with E-state index in [0.717, 1.165) is 11.3 Å². The molecule has 0 radical (unpaired) electrons. The predicted octanol–water partition coefficient (Wildman–Crippen LogP) is 1.14. The second kappa shape index (κ2) is 10.5. The lowest BCUT2D eigenvalue weighted by atomic mass is 10.1. The number of carbonyl (C=O) groups is 1. The summed E-state index contributed by atoms with van der Waals surface area (Å²) in [5, 5.41) is 2.79. The maximum absolute atomic E-state index is 11.6. The molecule has 1 aromatic rings. The summed E-state index contributed by atoms with van der Waals surface area (Å²) >= 11 is 0. The predicted molar refractivity (Wildman–Crippen MR) is 81.4 cm³/mol. The average Bonchev–Trinajstić information content (AvgIpc) is 2.41. The highest BCUT2D eigenvalue weighted by Crippen LogP contribution is 2.17. The van der Waals surface area contributed by atoms with Crippen molar-refractivity contribution in [3.63, 3.8) is 0 Å². The summed E-state index contributed by atoms with van der Waals surface area (Å²) in [6, 6.07) is 7.19. The third-order valence-corrected chi connectivity index (χ3v) is 2.65. The van der Waals surface area contributed by atoms with Gasteiger partial charge in [0, 0.05) is 13.7 Å². The number of amides is 1. The number of rotatable bonds is 8. The van der Waals surface area contributed by atoms with Gasteiger partial charge in [-0.2, -0.15) is 0 Å². The third-order valence-electron chi connectivity index (χ3n) is 2.65. The molecule has 0 fully saturated rings. The summed E-state index contributed by atoms with van der Waals surface area (Å²) in [6.45, 7) is 3.33. The van der Waals surface area contributed by atoms with E-state index in [1.165, 1.54) is 7.11 Å². The molecular weight excluding hydrogens is 280 g/mol. The summed E-state index contributed by atoms with van der Waals surface area (Å²) in [7, 11) is 1.52. The van der Waals surface area contributed by atoms with E-state index in [1.54, 1.807) is 0 Å². The van der Waals surface area contributed by atoms with Crippen LogP contribution >= 0.6 is 12.4 Å². The molecule has 1 atom stereocenters. The lowest BCUT2D eigenvalue weighted by Crippen LogP contribution is -2.44. The smallest absolute Gasteiger partial charge is 0.239 e. The molecule has 3 N–H and O–H groups in total. The normalized spacial score (nSPS) is 11.3. The van der Waals surface area contributed by atoms with Crippen molar-refractivity contribution in [2.75, 3.05) is 26.9 Å². The molecule has 0 heterocycles. The van der Waals surface area contributed by atoms with E-state index < -0.39 is 6.04 Å². The lowest BCUT2D eigenvalue weighted by molar-refractivity contribution is -0.123. The Bertz CT molecular complexity index is 402. The molecule has 114 valence electrons. The summed E-state index contributed by atoms with van der Waals surface area (Å²) in [4.78, 5) is 11.6. The van der Waals surface area contributed by atoms with Crippen LogP contribution in [0, 0.1) is 0 Å². The molecule has 0 spiro atoms. The summed E-state index contributed by atoms with van der Waals surface area (Å²) in [5.41, 5.74) is 6.70. The molecule has 6 heteroatoms. The lowest BCUT2D eigenvalue weighted by Gasteiger charge is -2.13. The summed E-state index contributed by atoms with van der Waals surface area (Å²) in [6.07, 6.45) is 0.710. The van der Waals surface area contributed by atoms with Crippen molar-refractivity contribution in [2.24, 2.45) is 5.73 Å². The minimum Gasteiger partial charge on any atom is -0.494 e. The van der Waals surface area contributed by atoms with E-state index in [0.29, 0.717) is 19.6 Å². The zero-order valence-corrected chi connectivity index (χ0v) is 12.7. The molecule has 0 aromatic heterocycles. The molecule has 0 saturated carbocycles. The molecule has 5 nitrogen and oxygen atoms in total. The standard InChI is InChI=1S/C14H22N2O3.ClH/c1-3-19-13-7-5-4-6-11(13)8-9-16-14(17)12(15)10-18-2;/h4-7,12H,3,8-10,15H2,1-2H3,(H,16,17);1H. The van der Waals surface area contributed by atoms with Gasteiger partial charge in [-0.25, -0.2) is 0 Å². The van der Waals surface area contributed by atoms with Crippen LogP contribution in [0.15, 0.2) is 24.3 Å². The Morgan fingerprint density at radius 2 is 2.10 bits per heavy atom. The fourth-order valence-electron chi connectivity index (χ4n) is 1.71. The Hall–Kier alpha value is -1.30. The number of methoxy groups -OCH3 is 1. The largest absolute Gasteiger partial charge is 0.494 e. The minimum absolute atomic E-state index is 0. The van der Waals surface area contributed by atoms with Gasteiger partial charge in [-0.1, -0.05) is 18.2 Å². The van der Waals surface area contributed by atoms with Gasteiger partial charge in [0.15, 0.2) is 0 Å². The Labute approximate surface area is 126 Å². The van der Waals surface area contributed by atoms with Gasteiger partial charge in [-0.05, 0) is 25.0 Å². The molecule has 1 aromatic carbocycles. The Morgan fingerprint density at radius 3 is 2.75 bits per heavy atom. The van der Waals surface area contributed by atoms with Gasteiger partial charge in [-0.15, -0.1) is 12.4 Å². The van der Waals surface area contributed by atoms with Crippen LogP contribution < -0.4 is 15.8 Å². The fraction of sp³-hybridized carbons (Fsp3) is 0.500. The molecule has 0 saturated heterocycles. The number of ether oxygens (including phenoxy) is 2. The number of benzene rings is 1. The van der Waals surface area contributed by atoms with Crippen molar-refractivity contribution in [1.82, 2.24) is 5.32 Å². The maximum atomic E-state index is 11.6. The first-order valence-corrected chi connectivity index (χ1v) is 6.42. The number of halogens is 1. The number of nitrogens with one attached hydrogen (secondary N) is 1. The molecule has 20 heavy (non-hydrogen) atoms. The molecular formula is C14H23ClN2O3. The molecule has 1 unspecified atom stereocenters. The topological polar surface area (TPSA) is 73.6 Å². The van der Waals surface area contributed by atoms with Crippen molar-refractivity contribution < 1.29 is 14.3 Å². The highest BCUT2D eigenvalue weighted by Gasteiger charge is 2.12. The highest BCUT2D eigenvalue weighted by molar-refractivity contribution is 5.85. The second-order valence-corrected chi connectivity index (χ2v) is 4.14. The van der Waals surface area contributed by atoms with Gasteiger partial charge < -0.3 is 20.5 Å². The van der Waals surface area contributed by atoms with Crippen LogP contribution in [0.5, 0.6) is 5.75 Å². The SMILES string of the molecule is CCOc1ccccc1CCNC(=O)C(N)COC.Cl. The second-order valence-electron chi connectivity index (χ2n) is 4.14. The Kier molecular flexibility index (Phi) is 9.80. The zero-order chi connectivity index (χ0) is 14.1. The van der Waals surface area contributed by atoms with Gasteiger partial charge in [0.05, 0.1) is 13.2 Å². The molecule has 0 aliphatic rings. The van der Waals surface area contributed by atoms with Crippen molar-refractivity contribution in [3.8, 4) is 5.75 Å². The maximum Gasteiger partial charge on any atom is 0.239 e. The van der Waals surface area contributed by atoms with Crippen LogP contribution in [-0.4, -0.2) is 38.8 Å². The van der Waals surface area contributed by atoms with Gasteiger partial charge >= 0.3 is 0 Å². The van der Waals surface area contributed by atoms with E-state index in [4.69, 9.17) is 15.2 Å². The van der Waals surface area contributed by atoms with Gasteiger partial charge in [0.2, 0.25) is 5.91 Å². The van der Waals surface area contributed by atoms with Gasteiger partial charge in [0.25, 0.3) is 0 Å². The molecule has 0 bridgehead atoms. The van der Waals surface area contributed by atoms with Crippen molar-refractivity contribution >= 4 is 18.3 Å². The monoisotopic (exact) mass is 302 g/mol. The van der Waals surface area contributed by atoms with E-state index in [2.05, 4.69) is 5.32 Å². The van der Waals surface area contributed by atoms with Crippen molar-refractivity contribution in [3.05, 3.63) is 29.8 Å². The molecule has 0 aliphatic carbocycles. The molecule has 1 rings (SSSR count). The first-order chi connectivity index (χ1) is 9.19. The number of hydrogen-bond donors (Lipinski definition) is 2. The number of carbonyl (C=O) groups excluding carboxylic acids is 1. The minimum atomic E-state index is -0.618. The van der Waals surface area contributed by atoms with Crippen LogP contribution in [0.1, 0.15) is 12.5 Å². The van der Waals surface area contributed by atoms with Crippen LogP contribution in [0.4, 0.5) is 0 Å². The van der Waals surface area contributed by atoms with E-state index >= 15 is 0 Å². The zero-order valence-electron chi connectivity index (χ0n) is 11.9. The van der Waals surface area contributed by atoms with Crippen molar-refractivity contribution in [1.29, 1.82) is 0 Å². The summed E-state index contributed by atoms with van der Waals surface area (Å²) < 4.78 is 10.4. The van der Waals surface area contributed by atoms with E-state index in [-0.39, 0.29) is 24.9 Å². The number of nitrogens with two attached hydrogens (primary N) is 1. The Morgan fingerprint density at radius 1 is 1.40 bits per heavy atom.